The van der Waals surface area contributed by atoms with Gasteiger partial charge in [0.25, 0.3) is 7.82 Å². The first-order chi connectivity index (χ1) is 35.4. The van der Waals surface area contributed by atoms with Crippen LogP contribution in [0.1, 0.15) is 290 Å². The maximum Gasteiger partial charge on any atom is 0.306 e. The zero-order valence-corrected chi connectivity index (χ0v) is 49.7. The van der Waals surface area contributed by atoms with Gasteiger partial charge in [-0.15, -0.1) is 0 Å². The van der Waals surface area contributed by atoms with Crippen molar-refractivity contribution < 1.29 is 37.3 Å². The predicted molar refractivity (Wildman–Crippen MR) is 312 cm³/mol. The lowest BCUT2D eigenvalue weighted by Gasteiger charge is -2.30. The quantitative estimate of drug-likeness (QED) is 0.0161. The summed E-state index contributed by atoms with van der Waals surface area (Å²) < 4.78 is 30.3. The lowest BCUT2D eigenvalue weighted by molar-refractivity contribution is -0.870. The molecule has 73 heavy (non-hydrogen) atoms. The van der Waals surface area contributed by atoms with Crippen molar-refractivity contribution in [3.63, 3.8) is 0 Å². The first-order valence-electron chi connectivity index (χ1n) is 31.0. The van der Waals surface area contributed by atoms with Gasteiger partial charge >= 0.3 is 5.97 Å². The average molecular weight is 1050 g/mol. The summed E-state index contributed by atoms with van der Waals surface area (Å²) in [4.78, 5) is 39.9. The molecule has 0 aromatic carbocycles. The Morgan fingerprint density at radius 1 is 0.493 bits per heavy atom. The number of carbonyl (C=O) groups excluding carboxylic acids is 2. The molecule has 0 fully saturated rings. The molecular formula is C63H119N2O7P. The van der Waals surface area contributed by atoms with Crippen LogP contribution >= 0.6 is 7.82 Å². The number of hydrogen-bond donors (Lipinski definition) is 1. The molecule has 0 saturated carbocycles. The van der Waals surface area contributed by atoms with E-state index in [0.717, 1.165) is 77.0 Å². The Morgan fingerprint density at radius 3 is 1.30 bits per heavy atom. The monoisotopic (exact) mass is 1050 g/mol. The molecule has 1 amide bonds. The van der Waals surface area contributed by atoms with Gasteiger partial charge in [0.05, 0.1) is 33.8 Å². The number of unbranched alkanes of at least 4 members (excludes halogenated alkanes) is 36. The van der Waals surface area contributed by atoms with E-state index in [9.17, 15) is 19.0 Å². The molecule has 3 atom stereocenters. The van der Waals surface area contributed by atoms with Crippen molar-refractivity contribution in [2.24, 2.45) is 0 Å². The summed E-state index contributed by atoms with van der Waals surface area (Å²) in [6.45, 7) is 6.72. The Bertz CT molecular complexity index is 1390. The number of ether oxygens (including phenoxy) is 1. The molecule has 0 heterocycles. The zero-order chi connectivity index (χ0) is 53.6. The minimum Gasteiger partial charge on any atom is -0.756 e. The highest BCUT2D eigenvalue weighted by Gasteiger charge is 2.27. The van der Waals surface area contributed by atoms with Crippen molar-refractivity contribution in [1.29, 1.82) is 0 Å². The van der Waals surface area contributed by atoms with E-state index in [4.69, 9.17) is 13.8 Å². The fraction of sp³-hybridized carbons (Fsp3) is 0.841. The van der Waals surface area contributed by atoms with Crippen LogP contribution in [0.15, 0.2) is 48.6 Å². The van der Waals surface area contributed by atoms with Crippen LogP contribution < -0.4 is 10.2 Å². The molecule has 0 aliphatic rings. The van der Waals surface area contributed by atoms with Crippen LogP contribution in [0.25, 0.3) is 0 Å². The molecule has 3 unspecified atom stereocenters. The Morgan fingerprint density at radius 2 is 0.877 bits per heavy atom. The van der Waals surface area contributed by atoms with Gasteiger partial charge in [-0.05, 0) is 51.0 Å². The second kappa shape index (κ2) is 53.4. The lowest BCUT2D eigenvalue weighted by atomic mass is 10.0. The van der Waals surface area contributed by atoms with Crippen LogP contribution in [0.2, 0.25) is 0 Å². The third kappa shape index (κ3) is 54.6. The summed E-state index contributed by atoms with van der Waals surface area (Å²) >= 11 is 0. The highest BCUT2D eigenvalue weighted by molar-refractivity contribution is 7.45. The van der Waals surface area contributed by atoms with Gasteiger partial charge in [-0.1, -0.05) is 275 Å². The number of rotatable bonds is 56. The molecule has 9 nitrogen and oxygen atoms in total. The first-order valence-corrected chi connectivity index (χ1v) is 32.4. The van der Waals surface area contributed by atoms with Gasteiger partial charge < -0.3 is 28.5 Å². The Balaban J connectivity index is 5.21. The van der Waals surface area contributed by atoms with E-state index < -0.39 is 26.6 Å². The molecule has 0 rings (SSSR count). The maximum absolute atomic E-state index is 13.5. The minimum atomic E-state index is -4.70. The summed E-state index contributed by atoms with van der Waals surface area (Å²) in [5, 5.41) is 3.02. The fourth-order valence-electron chi connectivity index (χ4n) is 9.05. The molecule has 0 saturated heterocycles. The first kappa shape index (κ1) is 71.0. The molecule has 0 bridgehead atoms. The number of carbonyl (C=O) groups is 2. The molecule has 1 N–H and O–H groups in total. The van der Waals surface area contributed by atoms with E-state index in [-0.39, 0.29) is 24.9 Å². The van der Waals surface area contributed by atoms with E-state index >= 15 is 0 Å². The molecule has 0 aromatic rings. The third-order valence-corrected chi connectivity index (χ3v) is 14.8. The minimum absolute atomic E-state index is 0.0257. The molecule has 0 radical (unpaired) electrons. The Hall–Kier alpha value is -2.03. The molecule has 0 aliphatic heterocycles. The number of esters is 1. The van der Waals surface area contributed by atoms with Crippen LogP contribution in [0, 0.1) is 0 Å². The zero-order valence-electron chi connectivity index (χ0n) is 48.8. The number of allylic oxidation sites excluding steroid dienone is 7. The molecule has 0 spiro atoms. The number of likely N-dealkylation sites (N-methyl/N-ethyl adjacent to an activating group) is 1. The van der Waals surface area contributed by atoms with E-state index in [1.165, 1.54) is 173 Å². The van der Waals surface area contributed by atoms with E-state index in [1.807, 2.05) is 33.3 Å². The molecule has 0 aliphatic carbocycles. The predicted octanol–water partition coefficient (Wildman–Crippen LogP) is 18.3. The number of phosphoric ester groups is 1. The second-order valence-electron chi connectivity index (χ2n) is 22.2. The van der Waals surface area contributed by atoms with Crippen LogP contribution in [-0.2, 0) is 27.9 Å². The van der Waals surface area contributed by atoms with E-state index in [0.29, 0.717) is 23.9 Å². The maximum atomic E-state index is 13.5. The van der Waals surface area contributed by atoms with Crippen LogP contribution in [0.3, 0.4) is 0 Å². The standard InChI is InChI=1S/C63H119N2O7P/c1-7-10-13-16-19-22-25-28-29-30-31-32-33-34-35-38-41-44-47-50-53-56-63(67)72-61(54-51-48-45-42-39-36-26-23-20-17-14-11-8-2)60(59-71-73(68,69)70-58-57-65(4,5)6)64-62(66)55-52-49-46-43-40-37-27-24-21-18-15-12-9-3/h12,15,18,21,24,27,51,54,60-61H,7-11,13-14,16-17,19-20,22-23,25-26,28-50,52-53,55-59H2,1-6H3,(H-,64,66,68,69)/b15-12+,21-18+,27-24-,54-51-. The van der Waals surface area contributed by atoms with Crippen LogP contribution in [0.4, 0.5) is 0 Å². The van der Waals surface area contributed by atoms with E-state index in [2.05, 4.69) is 62.5 Å². The third-order valence-electron chi connectivity index (χ3n) is 13.8. The van der Waals surface area contributed by atoms with Gasteiger partial charge in [-0.3, -0.25) is 14.2 Å². The smallest absolute Gasteiger partial charge is 0.306 e. The van der Waals surface area contributed by atoms with Gasteiger partial charge in [0.2, 0.25) is 5.91 Å². The number of quaternary nitrogens is 1. The second-order valence-corrected chi connectivity index (χ2v) is 23.7. The van der Waals surface area contributed by atoms with Crippen LogP contribution in [0.5, 0.6) is 0 Å². The Labute approximate surface area is 452 Å². The SMILES string of the molecule is CC/C=C/C=C/C=C\CCCCCCCC(=O)NC(COP(=O)([O-])OCC[N+](C)(C)C)C(/C=C\CCCCCCCCCCCCC)OC(=O)CCCCCCCCCCCCCCCCCCCCCCC. The summed E-state index contributed by atoms with van der Waals surface area (Å²) in [5.41, 5.74) is 0. The summed E-state index contributed by atoms with van der Waals surface area (Å²) in [6.07, 6.45) is 65.1. The van der Waals surface area contributed by atoms with Crippen molar-refractivity contribution in [1.82, 2.24) is 5.32 Å². The molecule has 428 valence electrons. The Kier molecular flexibility index (Phi) is 51.9. The highest BCUT2D eigenvalue weighted by Crippen LogP contribution is 2.38. The normalized spacial score (nSPS) is 14.0. The summed E-state index contributed by atoms with van der Waals surface area (Å²) in [5.74, 6) is -0.554. The summed E-state index contributed by atoms with van der Waals surface area (Å²) in [7, 11) is 1.18. The number of hydrogen-bond acceptors (Lipinski definition) is 7. The molecule has 10 heteroatoms. The number of nitrogens with one attached hydrogen (secondary N) is 1. The van der Waals surface area contributed by atoms with Gasteiger partial charge in [0, 0.05) is 12.8 Å². The molecule has 0 aromatic heterocycles. The van der Waals surface area contributed by atoms with Crippen molar-refractivity contribution in [2.45, 2.75) is 303 Å². The van der Waals surface area contributed by atoms with Crippen LogP contribution in [-0.4, -0.2) is 69.4 Å². The van der Waals surface area contributed by atoms with Gasteiger partial charge in [0.1, 0.15) is 19.3 Å². The number of nitrogens with zero attached hydrogens (tertiary/aromatic N) is 1. The topological polar surface area (TPSA) is 114 Å². The van der Waals surface area contributed by atoms with Gasteiger partial charge in [0.15, 0.2) is 0 Å². The van der Waals surface area contributed by atoms with Crippen molar-refractivity contribution in [3.05, 3.63) is 48.6 Å². The van der Waals surface area contributed by atoms with Crippen molar-refractivity contribution in [2.75, 3.05) is 40.9 Å². The molecular weight excluding hydrogens is 928 g/mol. The highest BCUT2D eigenvalue weighted by atomic mass is 31.2. The number of amides is 1. The largest absolute Gasteiger partial charge is 0.756 e. The fourth-order valence-corrected chi connectivity index (χ4v) is 9.78. The van der Waals surface area contributed by atoms with Crippen molar-refractivity contribution in [3.8, 4) is 0 Å². The van der Waals surface area contributed by atoms with Crippen molar-refractivity contribution >= 4 is 19.7 Å². The average Bonchev–Trinajstić information content (AvgIpc) is 3.35. The van der Waals surface area contributed by atoms with E-state index in [1.54, 1.807) is 0 Å². The van der Waals surface area contributed by atoms with Gasteiger partial charge in [-0.2, -0.15) is 0 Å². The van der Waals surface area contributed by atoms with Gasteiger partial charge in [-0.25, -0.2) is 0 Å². The lowest BCUT2D eigenvalue weighted by Crippen LogP contribution is -2.47. The summed E-state index contributed by atoms with van der Waals surface area (Å²) in [6, 6.07) is -0.896. The number of phosphoric acid groups is 1.